The fourth-order valence-electron chi connectivity index (χ4n) is 2.54. The molecule has 0 bridgehead atoms. The van der Waals surface area contributed by atoms with E-state index in [1.807, 2.05) is 0 Å². The van der Waals surface area contributed by atoms with Gasteiger partial charge in [-0.25, -0.2) is 9.18 Å². The average molecular weight is 424 g/mol. The Bertz CT molecular complexity index is 1090. The van der Waals surface area contributed by atoms with Gasteiger partial charge in [0.2, 0.25) is 5.91 Å². The maximum Gasteiger partial charge on any atom is 0.335 e. The molecule has 0 heterocycles. The zero-order valence-corrected chi connectivity index (χ0v) is 16.4. The number of hydrogen-bond acceptors (Lipinski definition) is 4. The third kappa shape index (κ3) is 5.92. The van der Waals surface area contributed by atoms with Crippen molar-refractivity contribution in [2.75, 3.05) is 16.4 Å². The molecule has 0 saturated heterocycles. The number of benzene rings is 3. The summed E-state index contributed by atoms with van der Waals surface area (Å²) < 4.78 is 13.0. The lowest BCUT2D eigenvalue weighted by Gasteiger charge is -2.08. The van der Waals surface area contributed by atoms with Gasteiger partial charge in [-0.15, -0.1) is 11.8 Å². The van der Waals surface area contributed by atoms with Crippen LogP contribution in [0.2, 0.25) is 0 Å². The molecule has 0 aliphatic heterocycles. The molecule has 0 aromatic heterocycles. The molecule has 0 spiro atoms. The Morgan fingerprint density at radius 3 is 2.20 bits per heavy atom. The van der Waals surface area contributed by atoms with Crippen LogP contribution in [-0.4, -0.2) is 28.6 Å². The first-order valence-electron chi connectivity index (χ1n) is 8.84. The largest absolute Gasteiger partial charge is 0.478 e. The number of carboxylic acids is 1. The number of carbonyl (C=O) groups is 3. The van der Waals surface area contributed by atoms with Crippen LogP contribution >= 0.6 is 11.8 Å². The van der Waals surface area contributed by atoms with Crippen molar-refractivity contribution < 1.29 is 23.9 Å². The van der Waals surface area contributed by atoms with Gasteiger partial charge >= 0.3 is 5.97 Å². The van der Waals surface area contributed by atoms with E-state index < -0.39 is 11.8 Å². The molecule has 6 nitrogen and oxygen atoms in total. The average Bonchev–Trinajstić information content (AvgIpc) is 2.73. The SMILES string of the molecule is O=C(CSc1cccc(NC(=O)c2ccc(F)cc2)c1)Nc1cccc(C(=O)O)c1. The number of hydrogen-bond donors (Lipinski definition) is 3. The topological polar surface area (TPSA) is 95.5 Å². The lowest BCUT2D eigenvalue weighted by molar-refractivity contribution is -0.113. The highest BCUT2D eigenvalue weighted by atomic mass is 32.2. The third-order valence-corrected chi connectivity index (χ3v) is 4.96. The molecule has 3 aromatic carbocycles. The third-order valence-electron chi connectivity index (χ3n) is 3.96. The summed E-state index contributed by atoms with van der Waals surface area (Å²) in [4.78, 5) is 36.2. The Balaban J connectivity index is 1.56. The molecule has 0 atom stereocenters. The van der Waals surface area contributed by atoms with Gasteiger partial charge in [0.25, 0.3) is 5.91 Å². The van der Waals surface area contributed by atoms with Gasteiger partial charge in [-0.2, -0.15) is 0 Å². The van der Waals surface area contributed by atoms with Crippen LogP contribution in [0, 0.1) is 5.82 Å². The minimum atomic E-state index is -1.07. The van der Waals surface area contributed by atoms with Crippen LogP contribution in [-0.2, 0) is 4.79 Å². The van der Waals surface area contributed by atoms with E-state index in [0.717, 1.165) is 4.90 Å². The number of rotatable bonds is 7. The number of carbonyl (C=O) groups excluding carboxylic acids is 2. The van der Waals surface area contributed by atoms with Crippen LogP contribution in [0.25, 0.3) is 0 Å². The second-order valence-corrected chi connectivity index (χ2v) is 7.26. The van der Waals surface area contributed by atoms with E-state index in [1.165, 1.54) is 48.2 Å². The Kier molecular flexibility index (Phi) is 6.82. The molecular formula is C22H17FN2O4S. The summed E-state index contributed by atoms with van der Waals surface area (Å²) in [7, 11) is 0. The highest BCUT2D eigenvalue weighted by molar-refractivity contribution is 8.00. The predicted molar refractivity (Wildman–Crippen MR) is 114 cm³/mol. The fraction of sp³-hybridized carbons (Fsp3) is 0.0455. The Hall–Kier alpha value is -3.65. The van der Waals surface area contributed by atoms with Gasteiger partial charge in [-0.3, -0.25) is 9.59 Å². The molecule has 0 aliphatic rings. The first-order chi connectivity index (χ1) is 14.4. The van der Waals surface area contributed by atoms with E-state index in [0.29, 0.717) is 16.9 Å². The number of halogens is 1. The smallest absolute Gasteiger partial charge is 0.335 e. The van der Waals surface area contributed by atoms with Gasteiger partial charge in [0.15, 0.2) is 0 Å². The standard InChI is InChI=1S/C22H17FN2O4S/c23-16-9-7-14(8-10-16)21(27)25-18-5-2-6-19(12-18)30-13-20(26)24-17-4-1-3-15(11-17)22(28)29/h1-12H,13H2,(H,24,26)(H,25,27)(H,28,29). The first kappa shape index (κ1) is 21.1. The van der Waals surface area contributed by atoms with Gasteiger partial charge in [-0.05, 0) is 60.7 Å². The summed E-state index contributed by atoms with van der Waals surface area (Å²) in [6.45, 7) is 0. The highest BCUT2D eigenvalue weighted by Gasteiger charge is 2.09. The molecule has 30 heavy (non-hydrogen) atoms. The number of nitrogens with one attached hydrogen (secondary N) is 2. The van der Waals surface area contributed by atoms with Crippen LogP contribution in [0.1, 0.15) is 20.7 Å². The molecule has 3 rings (SSSR count). The number of carboxylic acid groups (broad SMARTS) is 1. The fourth-order valence-corrected chi connectivity index (χ4v) is 3.30. The molecule has 0 aliphatic carbocycles. The number of aromatic carboxylic acids is 1. The lowest BCUT2D eigenvalue weighted by atomic mass is 10.2. The molecule has 2 amide bonds. The van der Waals surface area contributed by atoms with E-state index in [4.69, 9.17) is 5.11 Å². The van der Waals surface area contributed by atoms with E-state index in [9.17, 15) is 18.8 Å². The van der Waals surface area contributed by atoms with Gasteiger partial charge < -0.3 is 15.7 Å². The first-order valence-corrected chi connectivity index (χ1v) is 9.82. The van der Waals surface area contributed by atoms with Crippen molar-refractivity contribution in [2.24, 2.45) is 0 Å². The lowest BCUT2D eigenvalue weighted by Crippen LogP contribution is -2.14. The maximum atomic E-state index is 13.0. The zero-order valence-electron chi connectivity index (χ0n) is 15.6. The molecule has 0 radical (unpaired) electrons. The van der Waals surface area contributed by atoms with Gasteiger partial charge in [-0.1, -0.05) is 12.1 Å². The minimum absolute atomic E-state index is 0.0880. The van der Waals surface area contributed by atoms with E-state index in [1.54, 1.807) is 36.4 Å². The second-order valence-electron chi connectivity index (χ2n) is 6.21. The molecule has 152 valence electrons. The zero-order chi connectivity index (χ0) is 21.5. The van der Waals surface area contributed by atoms with E-state index in [2.05, 4.69) is 10.6 Å². The van der Waals surface area contributed by atoms with Crippen molar-refractivity contribution in [3.05, 3.63) is 89.7 Å². The van der Waals surface area contributed by atoms with Crippen LogP contribution < -0.4 is 10.6 Å². The van der Waals surface area contributed by atoms with Crippen LogP contribution in [0.15, 0.2) is 77.7 Å². The summed E-state index contributed by atoms with van der Waals surface area (Å²) in [6.07, 6.45) is 0. The summed E-state index contributed by atoms with van der Waals surface area (Å²) in [5.74, 6) is -2.04. The summed E-state index contributed by atoms with van der Waals surface area (Å²) in [6, 6.07) is 18.2. The van der Waals surface area contributed by atoms with E-state index >= 15 is 0 Å². The van der Waals surface area contributed by atoms with Crippen LogP contribution in [0.3, 0.4) is 0 Å². The van der Waals surface area contributed by atoms with Crippen molar-refractivity contribution in [2.45, 2.75) is 4.90 Å². The van der Waals surface area contributed by atoms with Gasteiger partial charge in [0, 0.05) is 21.8 Å². The predicted octanol–water partition coefficient (Wildman–Crippen LogP) is 4.51. The molecule has 3 N–H and O–H groups in total. The summed E-state index contributed by atoms with van der Waals surface area (Å²) in [5, 5.41) is 14.4. The molecule has 0 saturated carbocycles. The van der Waals surface area contributed by atoms with Crippen LogP contribution in [0.4, 0.5) is 15.8 Å². The second kappa shape index (κ2) is 9.71. The Morgan fingerprint density at radius 2 is 1.50 bits per heavy atom. The summed E-state index contributed by atoms with van der Waals surface area (Å²) >= 11 is 1.27. The quantitative estimate of drug-likeness (QED) is 0.485. The Morgan fingerprint density at radius 1 is 0.833 bits per heavy atom. The maximum absolute atomic E-state index is 13.0. The molecule has 0 unspecified atom stereocenters. The number of amides is 2. The number of anilines is 2. The van der Waals surface area contributed by atoms with E-state index in [-0.39, 0.29) is 23.1 Å². The molecule has 3 aromatic rings. The number of thioether (sulfide) groups is 1. The van der Waals surface area contributed by atoms with Crippen molar-refractivity contribution >= 4 is 40.9 Å². The van der Waals surface area contributed by atoms with Gasteiger partial charge in [0.05, 0.1) is 11.3 Å². The van der Waals surface area contributed by atoms with Crippen LogP contribution in [0.5, 0.6) is 0 Å². The van der Waals surface area contributed by atoms with Crippen molar-refractivity contribution in [1.82, 2.24) is 0 Å². The monoisotopic (exact) mass is 424 g/mol. The van der Waals surface area contributed by atoms with Crippen molar-refractivity contribution in [3.63, 3.8) is 0 Å². The molecule has 0 fully saturated rings. The molecule has 8 heteroatoms. The molecular weight excluding hydrogens is 407 g/mol. The normalized spacial score (nSPS) is 10.3. The highest BCUT2D eigenvalue weighted by Crippen LogP contribution is 2.22. The van der Waals surface area contributed by atoms with Gasteiger partial charge in [0.1, 0.15) is 5.82 Å². The Labute approximate surface area is 176 Å². The summed E-state index contributed by atoms with van der Waals surface area (Å²) in [5.41, 5.74) is 1.37. The van der Waals surface area contributed by atoms with Crippen molar-refractivity contribution in [1.29, 1.82) is 0 Å². The minimum Gasteiger partial charge on any atom is -0.478 e. The van der Waals surface area contributed by atoms with Crippen molar-refractivity contribution in [3.8, 4) is 0 Å².